The van der Waals surface area contributed by atoms with Crippen molar-refractivity contribution in [3.63, 3.8) is 0 Å². The molecule has 0 radical (unpaired) electrons. The van der Waals surface area contributed by atoms with Crippen molar-refractivity contribution in [1.29, 1.82) is 0 Å². The van der Waals surface area contributed by atoms with Crippen LogP contribution in [0.3, 0.4) is 0 Å². The molecule has 1 aliphatic heterocycles. The summed E-state index contributed by atoms with van der Waals surface area (Å²) in [6, 6.07) is 19.1. The van der Waals surface area contributed by atoms with E-state index in [0.29, 0.717) is 23.1 Å². The van der Waals surface area contributed by atoms with Crippen LogP contribution >= 0.6 is 11.6 Å². The van der Waals surface area contributed by atoms with E-state index in [0.717, 1.165) is 40.4 Å². The van der Waals surface area contributed by atoms with Crippen molar-refractivity contribution in [1.82, 2.24) is 9.80 Å². The number of benzene rings is 3. The second kappa shape index (κ2) is 16.4. The Morgan fingerprint density at radius 1 is 1.00 bits per heavy atom. The van der Waals surface area contributed by atoms with Crippen LogP contribution in [0.2, 0.25) is 5.02 Å². The Bertz CT molecular complexity index is 1490. The van der Waals surface area contributed by atoms with Gasteiger partial charge in [-0.2, -0.15) is 0 Å². The lowest BCUT2D eigenvalue weighted by atomic mass is 9.86. The average Bonchev–Trinajstić information content (AvgIpc) is 3.61. The van der Waals surface area contributed by atoms with Gasteiger partial charge in [-0.1, -0.05) is 55.6 Å². The Hall–Kier alpha value is -3.75. The number of methoxy groups -OCH3 is 1. The molecule has 0 aromatic heterocycles. The summed E-state index contributed by atoms with van der Waals surface area (Å²) in [5, 5.41) is 10.2. The van der Waals surface area contributed by atoms with Crippen LogP contribution in [-0.4, -0.2) is 66.8 Å². The quantitative estimate of drug-likeness (QED) is 0.234. The number of hydrogen-bond donors (Lipinski definition) is 1. The zero-order chi connectivity index (χ0) is 34.2. The number of carbonyl (C=O) groups excluding carboxylic acids is 1. The molecule has 2 aliphatic rings. The smallest absolute Gasteiger partial charge is 0.407 e. The number of fused-ring (bicyclic) bond motifs is 1. The molecule has 47 heavy (non-hydrogen) atoms. The van der Waals surface area contributed by atoms with Gasteiger partial charge in [0.2, 0.25) is 5.91 Å². The molecule has 0 spiro atoms. The monoisotopic (exact) mass is 663 g/mol. The van der Waals surface area contributed by atoms with Crippen molar-refractivity contribution < 1.29 is 24.2 Å². The van der Waals surface area contributed by atoms with Crippen LogP contribution in [0.1, 0.15) is 94.1 Å². The maximum Gasteiger partial charge on any atom is 0.407 e. The van der Waals surface area contributed by atoms with E-state index in [1.54, 1.807) is 12.0 Å². The highest BCUT2D eigenvalue weighted by atomic mass is 35.5. The molecule has 9 heteroatoms. The minimum absolute atomic E-state index is 0.00437. The van der Waals surface area contributed by atoms with Gasteiger partial charge >= 0.3 is 6.09 Å². The maximum atomic E-state index is 13.7. The van der Waals surface area contributed by atoms with E-state index in [-0.39, 0.29) is 24.5 Å². The van der Waals surface area contributed by atoms with Crippen molar-refractivity contribution in [3.05, 3.63) is 87.9 Å². The second-order valence-electron chi connectivity index (χ2n) is 12.7. The topological polar surface area (TPSA) is 82.5 Å². The maximum absolute atomic E-state index is 13.7. The van der Waals surface area contributed by atoms with Gasteiger partial charge in [0, 0.05) is 23.3 Å². The molecule has 1 unspecified atom stereocenters. The van der Waals surface area contributed by atoms with Crippen LogP contribution in [-0.2, 0) is 11.2 Å². The Morgan fingerprint density at radius 3 is 2.15 bits per heavy atom. The summed E-state index contributed by atoms with van der Waals surface area (Å²) in [5.74, 6) is 1.18. The summed E-state index contributed by atoms with van der Waals surface area (Å²) in [5.41, 5.74) is 4.32. The number of anilines is 1. The SMILES string of the molecule is CC[C@@H](C)Oc1cc2c(cc1OC)CC(=O)N(c1ccc([C@@H](C)N(CC)C(=O)O)cc1)C2c1ccc(Cl)cc1.CN(C)C1CCCC1. The second-order valence-corrected chi connectivity index (χ2v) is 13.1. The zero-order valence-corrected chi connectivity index (χ0v) is 29.6. The van der Waals surface area contributed by atoms with Gasteiger partial charge in [-0.05, 0) is 113 Å². The summed E-state index contributed by atoms with van der Waals surface area (Å²) in [6.45, 7) is 8.12. The highest BCUT2D eigenvalue weighted by Gasteiger charge is 2.36. The van der Waals surface area contributed by atoms with E-state index in [1.807, 2.05) is 81.4 Å². The average molecular weight is 664 g/mol. The predicted octanol–water partition coefficient (Wildman–Crippen LogP) is 8.76. The van der Waals surface area contributed by atoms with E-state index >= 15 is 0 Å². The van der Waals surface area contributed by atoms with Gasteiger partial charge < -0.3 is 29.3 Å². The van der Waals surface area contributed by atoms with Crippen LogP contribution in [0.25, 0.3) is 0 Å². The van der Waals surface area contributed by atoms with Crippen molar-refractivity contribution in [2.75, 3.05) is 32.6 Å². The van der Waals surface area contributed by atoms with Gasteiger partial charge in [-0.25, -0.2) is 4.79 Å². The molecule has 1 N–H and O–H groups in total. The largest absolute Gasteiger partial charge is 0.493 e. The molecule has 0 bridgehead atoms. The molecule has 1 heterocycles. The van der Waals surface area contributed by atoms with Gasteiger partial charge in [-0.15, -0.1) is 0 Å². The van der Waals surface area contributed by atoms with Gasteiger partial charge in [0.1, 0.15) is 0 Å². The highest BCUT2D eigenvalue weighted by Crippen LogP contribution is 2.44. The van der Waals surface area contributed by atoms with E-state index in [1.165, 1.54) is 30.6 Å². The minimum Gasteiger partial charge on any atom is -0.493 e. The number of carbonyl (C=O) groups is 2. The summed E-state index contributed by atoms with van der Waals surface area (Å²) in [7, 11) is 5.96. The summed E-state index contributed by atoms with van der Waals surface area (Å²) in [6.07, 6.45) is 5.82. The number of rotatable bonds is 10. The van der Waals surface area contributed by atoms with Gasteiger partial charge in [0.05, 0.1) is 31.7 Å². The molecule has 3 atom stereocenters. The third-order valence-electron chi connectivity index (χ3n) is 9.44. The Kier molecular flexibility index (Phi) is 12.6. The normalized spacial score (nSPS) is 17.4. The number of ether oxygens (including phenoxy) is 2. The van der Waals surface area contributed by atoms with E-state index in [4.69, 9.17) is 21.1 Å². The van der Waals surface area contributed by atoms with E-state index in [2.05, 4.69) is 25.9 Å². The third kappa shape index (κ3) is 8.59. The first-order valence-electron chi connectivity index (χ1n) is 16.7. The third-order valence-corrected chi connectivity index (χ3v) is 9.69. The first kappa shape index (κ1) is 36.1. The minimum atomic E-state index is -0.967. The molecule has 0 saturated heterocycles. The zero-order valence-electron chi connectivity index (χ0n) is 28.8. The fraction of sp³-hybridized carbons (Fsp3) is 0.474. The summed E-state index contributed by atoms with van der Waals surface area (Å²) in [4.78, 5) is 30.9. The van der Waals surface area contributed by atoms with Gasteiger partial charge in [0.25, 0.3) is 0 Å². The molecule has 5 rings (SSSR count). The molecule has 8 nitrogen and oxygen atoms in total. The Labute approximate surface area is 285 Å². The molecule has 2 amide bonds. The van der Waals surface area contributed by atoms with Crippen molar-refractivity contribution in [2.45, 2.75) is 90.4 Å². The predicted molar refractivity (Wildman–Crippen MR) is 189 cm³/mol. The van der Waals surface area contributed by atoms with Gasteiger partial charge in [0.15, 0.2) is 11.5 Å². The fourth-order valence-electron chi connectivity index (χ4n) is 6.46. The lowest BCUT2D eigenvalue weighted by molar-refractivity contribution is -0.118. The van der Waals surface area contributed by atoms with Crippen LogP contribution in [0.5, 0.6) is 11.5 Å². The molecule has 3 aromatic rings. The Morgan fingerprint density at radius 2 is 1.64 bits per heavy atom. The molecule has 1 aliphatic carbocycles. The van der Waals surface area contributed by atoms with Crippen LogP contribution in [0.15, 0.2) is 60.7 Å². The molecule has 1 fully saturated rings. The number of hydrogen-bond acceptors (Lipinski definition) is 5. The number of nitrogens with zero attached hydrogens (tertiary/aromatic N) is 3. The van der Waals surface area contributed by atoms with E-state index < -0.39 is 12.1 Å². The first-order chi connectivity index (χ1) is 22.5. The molecule has 254 valence electrons. The van der Waals surface area contributed by atoms with Crippen molar-refractivity contribution in [3.8, 4) is 11.5 Å². The number of amides is 2. The molecule has 1 saturated carbocycles. The summed E-state index contributed by atoms with van der Waals surface area (Å²) < 4.78 is 11.8. The number of carboxylic acid groups (broad SMARTS) is 1. The lowest BCUT2D eigenvalue weighted by Crippen LogP contribution is -2.41. The van der Waals surface area contributed by atoms with Crippen LogP contribution in [0.4, 0.5) is 10.5 Å². The van der Waals surface area contributed by atoms with Gasteiger partial charge in [-0.3, -0.25) is 4.79 Å². The fourth-order valence-corrected chi connectivity index (χ4v) is 6.59. The molecule has 3 aromatic carbocycles. The Balaban J connectivity index is 0.000000546. The standard InChI is InChI=1S/C31H35ClN2O5.C7H15N/c1-6-19(3)39-28-18-26-23(16-27(28)38-5)17-29(35)34(30(26)22-8-12-24(32)13-9-22)25-14-10-21(11-15-25)20(4)33(7-2)31(36)37;1-8(2)7-5-3-4-6-7/h8-16,18-20,30H,6-7,17H2,1-5H3,(H,36,37);7H,3-6H2,1-2H3/t19-,20-,30?;/m1./s1. The van der Waals surface area contributed by atoms with E-state index in [9.17, 15) is 14.7 Å². The van der Waals surface area contributed by atoms with Crippen molar-refractivity contribution in [2.24, 2.45) is 0 Å². The first-order valence-corrected chi connectivity index (χ1v) is 17.1. The summed E-state index contributed by atoms with van der Waals surface area (Å²) >= 11 is 6.21. The lowest BCUT2D eigenvalue weighted by Gasteiger charge is -2.38. The highest BCUT2D eigenvalue weighted by molar-refractivity contribution is 6.30. The number of halogens is 1. The van der Waals surface area contributed by atoms with Crippen LogP contribution < -0.4 is 14.4 Å². The molecular formula is C38H50ClN3O5. The van der Waals surface area contributed by atoms with Crippen molar-refractivity contribution >= 4 is 29.3 Å². The molecular weight excluding hydrogens is 614 g/mol. The van der Waals surface area contributed by atoms with Crippen LogP contribution in [0, 0.1) is 0 Å².